The molecule has 78 valence electrons. The Labute approximate surface area is 87.1 Å². The predicted molar refractivity (Wildman–Crippen MR) is 62.4 cm³/mol. The highest BCUT2D eigenvalue weighted by Gasteiger charge is 2.29. The Hall–Kier alpha value is 0.310. The zero-order chi connectivity index (χ0) is 9.52. The monoisotopic (exact) mass is 201 g/mol. The summed E-state index contributed by atoms with van der Waals surface area (Å²) in [5.41, 5.74) is 0. The van der Waals surface area contributed by atoms with E-state index in [1.54, 1.807) is 0 Å². The molecule has 1 N–H and O–H groups in total. The van der Waals surface area contributed by atoms with Crippen LogP contribution >= 0.6 is 11.8 Å². The fourth-order valence-corrected chi connectivity index (χ4v) is 2.37. The van der Waals surface area contributed by atoms with Crippen molar-refractivity contribution in [3.63, 3.8) is 0 Å². The molecule has 0 aromatic carbocycles. The molecule has 0 amide bonds. The fraction of sp³-hybridized carbons (Fsp3) is 1.00. The molecule has 1 aliphatic carbocycles. The number of nitrogens with one attached hydrogen (secondary N) is 1. The predicted octanol–water partition coefficient (Wildman–Crippen LogP) is 2.91. The number of hydrogen-bond acceptors (Lipinski definition) is 2. The lowest BCUT2D eigenvalue weighted by atomic mass is 10.1. The second-order valence-corrected chi connectivity index (χ2v) is 4.98. The van der Waals surface area contributed by atoms with Crippen molar-refractivity contribution in [3.05, 3.63) is 0 Å². The first-order valence-electron chi connectivity index (χ1n) is 5.60. The summed E-state index contributed by atoms with van der Waals surface area (Å²) >= 11 is 1.97. The van der Waals surface area contributed by atoms with Gasteiger partial charge >= 0.3 is 0 Å². The third-order valence-electron chi connectivity index (χ3n) is 2.77. The van der Waals surface area contributed by atoms with Crippen molar-refractivity contribution >= 4 is 11.8 Å². The topological polar surface area (TPSA) is 12.0 Å². The molecule has 0 saturated heterocycles. The highest BCUT2D eigenvalue weighted by Crippen LogP contribution is 2.34. The van der Waals surface area contributed by atoms with Gasteiger partial charge < -0.3 is 5.32 Å². The fourth-order valence-electron chi connectivity index (χ4n) is 1.88. The molecular formula is C11H23NS. The number of thioether (sulfide) groups is 1. The van der Waals surface area contributed by atoms with Gasteiger partial charge in [-0.15, -0.1) is 0 Å². The van der Waals surface area contributed by atoms with Crippen LogP contribution in [0.15, 0.2) is 0 Å². The van der Waals surface area contributed by atoms with Crippen molar-refractivity contribution in [1.82, 2.24) is 5.32 Å². The highest BCUT2D eigenvalue weighted by molar-refractivity contribution is 7.98. The molecule has 0 bridgehead atoms. The van der Waals surface area contributed by atoms with Gasteiger partial charge in [0.05, 0.1) is 0 Å². The minimum absolute atomic E-state index is 0.840. The van der Waals surface area contributed by atoms with Gasteiger partial charge in [-0.25, -0.2) is 0 Å². The summed E-state index contributed by atoms with van der Waals surface area (Å²) in [5, 5.41) is 3.61. The maximum absolute atomic E-state index is 3.61. The highest BCUT2D eigenvalue weighted by atomic mass is 32.2. The second kappa shape index (κ2) is 6.72. The van der Waals surface area contributed by atoms with E-state index in [-0.39, 0.29) is 0 Å². The Morgan fingerprint density at radius 3 is 2.69 bits per heavy atom. The molecular weight excluding hydrogens is 178 g/mol. The lowest BCUT2D eigenvalue weighted by Crippen LogP contribution is -2.30. The Morgan fingerprint density at radius 1 is 1.38 bits per heavy atom. The number of rotatable bonds is 8. The normalized spacial score (nSPS) is 18.9. The molecule has 2 heteroatoms. The minimum Gasteiger partial charge on any atom is -0.314 e. The lowest BCUT2D eigenvalue weighted by Gasteiger charge is -2.16. The van der Waals surface area contributed by atoms with Crippen LogP contribution in [0.4, 0.5) is 0 Å². The van der Waals surface area contributed by atoms with Gasteiger partial charge in [0.2, 0.25) is 0 Å². The van der Waals surface area contributed by atoms with Crippen molar-refractivity contribution in [2.45, 2.75) is 45.1 Å². The molecule has 1 atom stereocenters. The molecule has 1 aliphatic rings. The molecule has 1 fully saturated rings. The van der Waals surface area contributed by atoms with Gasteiger partial charge in [-0.05, 0) is 50.2 Å². The van der Waals surface area contributed by atoms with Gasteiger partial charge in [0.25, 0.3) is 0 Å². The van der Waals surface area contributed by atoms with E-state index in [4.69, 9.17) is 0 Å². The zero-order valence-corrected chi connectivity index (χ0v) is 9.83. The van der Waals surface area contributed by atoms with Gasteiger partial charge in [-0.2, -0.15) is 11.8 Å². The Morgan fingerprint density at radius 2 is 2.15 bits per heavy atom. The van der Waals surface area contributed by atoms with Crippen LogP contribution in [0.5, 0.6) is 0 Å². The Kier molecular flexibility index (Phi) is 5.88. The standard InChI is InChI=1S/C11H23NS/c1-3-12-11(10-7-8-10)6-4-5-9-13-2/h10-12H,3-9H2,1-2H3. The van der Waals surface area contributed by atoms with Crippen molar-refractivity contribution in [2.75, 3.05) is 18.6 Å². The van der Waals surface area contributed by atoms with Gasteiger partial charge in [-0.3, -0.25) is 0 Å². The van der Waals surface area contributed by atoms with Crippen molar-refractivity contribution in [3.8, 4) is 0 Å². The van der Waals surface area contributed by atoms with Crippen molar-refractivity contribution in [1.29, 1.82) is 0 Å². The zero-order valence-electron chi connectivity index (χ0n) is 9.01. The third kappa shape index (κ3) is 4.92. The summed E-state index contributed by atoms with van der Waals surface area (Å²) in [7, 11) is 0. The van der Waals surface area contributed by atoms with E-state index in [9.17, 15) is 0 Å². The molecule has 0 aromatic heterocycles. The Bertz CT molecular complexity index is 123. The van der Waals surface area contributed by atoms with Crippen LogP contribution in [-0.2, 0) is 0 Å². The molecule has 1 unspecified atom stereocenters. The van der Waals surface area contributed by atoms with Gasteiger partial charge in [0, 0.05) is 6.04 Å². The molecule has 1 saturated carbocycles. The van der Waals surface area contributed by atoms with Crippen molar-refractivity contribution in [2.24, 2.45) is 5.92 Å². The maximum Gasteiger partial charge on any atom is 0.00952 e. The molecule has 0 aliphatic heterocycles. The summed E-state index contributed by atoms with van der Waals surface area (Å²) in [6, 6.07) is 0.840. The first kappa shape index (κ1) is 11.4. The van der Waals surface area contributed by atoms with Crippen LogP contribution < -0.4 is 5.32 Å². The number of hydrogen-bond donors (Lipinski definition) is 1. The van der Waals surface area contributed by atoms with Crippen molar-refractivity contribution < 1.29 is 0 Å². The molecule has 1 nitrogen and oxygen atoms in total. The molecule has 0 spiro atoms. The van der Waals surface area contributed by atoms with Crippen LogP contribution in [0.25, 0.3) is 0 Å². The molecule has 0 radical (unpaired) electrons. The quantitative estimate of drug-likeness (QED) is 0.606. The van der Waals surface area contributed by atoms with E-state index in [0.29, 0.717) is 0 Å². The van der Waals surface area contributed by atoms with E-state index in [1.807, 2.05) is 11.8 Å². The third-order valence-corrected chi connectivity index (χ3v) is 3.47. The Balaban J connectivity index is 2.00. The molecule has 0 aromatic rings. The van der Waals surface area contributed by atoms with E-state index in [1.165, 1.54) is 37.9 Å². The maximum atomic E-state index is 3.61. The van der Waals surface area contributed by atoms with Crippen LogP contribution in [-0.4, -0.2) is 24.6 Å². The van der Waals surface area contributed by atoms with Crippen LogP contribution in [0, 0.1) is 5.92 Å². The number of unbranched alkanes of at least 4 members (excludes halogenated alkanes) is 1. The van der Waals surface area contributed by atoms with E-state index >= 15 is 0 Å². The average Bonchev–Trinajstić information content (AvgIpc) is 2.93. The molecule has 0 heterocycles. The summed E-state index contributed by atoms with van der Waals surface area (Å²) in [6.07, 6.45) is 9.35. The summed E-state index contributed by atoms with van der Waals surface area (Å²) in [6.45, 7) is 3.36. The minimum atomic E-state index is 0.840. The summed E-state index contributed by atoms with van der Waals surface area (Å²) < 4.78 is 0. The molecule has 1 rings (SSSR count). The SMILES string of the molecule is CCNC(CCCCSC)C1CC1. The first-order chi connectivity index (χ1) is 6.38. The van der Waals surface area contributed by atoms with Gasteiger partial charge in [0.15, 0.2) is 0 Å². The van der Waals surface area contributed by atoms with E-state index in [0.717, 1.165) is 18.5 Å². The largest absolute Gasteiger partial charge is 0.314 e. The molecule has 13 heavy (non-hydrogen) atoms. The lowest BCUT2D eigenvalue weighted by molar-refractivity contribution is 0.433. The van der Waals surface area contributed by atoms with Crippen LogP contribution in [0.1, 0.15) is 39.0 Å². The average molecular weight is 201 g/mol. The van der Waals surface area contributed by atoms with E-state index < -0.39 is 0 Å². The van der Waals surface area contributed by atoms with Gasteiger partial charge in [0.1, 0.15) is 0 Å². The van der Waals surface area contributed by atoms with Crippen LogP contribution in [0.2, 0.25) is 0 Å². The second-order valence-electron chi connectivity index (χ2n) is 3.99. The summed E-state index contributed by atoms with van der Waals surface area (Å²) in [4.78, 5) is 0. The smallest absolute Gasteiger partial charge is 0.00952 e. The first-order valence-corrected chi connectivity index (χ1v) is 7.00. The van der Waals surface area contributed by atoms with E-state index in [2.05, 4.69) is 18.5 Å². The van der Waals surface area contributed by atoms with Gasteiger partial charge in [-0.1, -0.05) is 13.3 Å². The van der Waals surface area contributed by atoms with Crippen LogP contribution in [0.3, 0.4) is 0 Å². The summed E-state index contributed by atoms with van der Waals surface area (Å²) in [5.74, 6) is 2.36.